The Bertz CT molecular complexity index is 1420. The van der Waals surface area contributed by atoms with Gasteiger partial charge in [-0.25, -0.2) is 12.8 Å². The highest BCUT2D eigenvalue weighted by Crippen LogP contribution is 2.33. The van der Waals surface area contributed by atoms with Crippen LogP contribution in [0.1, 0.15) is 39.2 Å². The number of benzene rings is 3. The van der Waals surface area contributed by atoms with Gasteiger partial charge in [0, 0.05) is 17.6 Å². The molecule has 0 fully saturated rings. The van der Waals surface area contributed by atoms with Crippen LogP contribution in [-0.4, -0.2) is 43.8 Å². The highest BCUT2D eigenvalue weighted by Gasteiger charge is 2.34. The Morgan fingerprint density at radius 3 is 2.17 bits per heavy atom. The van der Waals surface area contributed by atoms with Crippen LogP contribution in [0.25, 0.3) is 0 Å². The number of nitrogens with one attached hydrogen (secondary N) is 1. The first-order chi connectivity index (χ1) is 19.0. The largest absolute Gasteiger partial charge is 0.352 e. The van der Waals surface area contributed by atoms with Crippen LogP contribution in [-0.2, 0) is 26.2 Å². The molecule has 0 saturated carbocycles. The third-order valence-electron chi connectivity index (χ3n) is 6.44. The molecule has 0 saturated heterocycles. The molecule has 2 unspecified atom stereocenters. The molecular weight excluding hydrogens is 576 g/mol. The number of sulfonamides is 1. The van der Waals surface area contributed by atoms with E-state index in [9.17, 15) is 22.4 Å². The molecule has 3 rings (SSSR count). The number of nitrogens with zero attached hydrogens (tertiary/aromatic N) is 2. The minimum absolute atomic E-state index is 0.0337. The van der Waals surface area contributed by atoms with E-state index in [4.69, 9.17) is 23.2 Å². The second kappa shape index (κ2) is 14.0. The maximum absolute atomic E-state index is 14.0. The fraction of sp³-hybridized carbons (Fsp3) is 0.310. The van der Waals surface area contributed by atoms with E-state index in [2.05, 4.69) is 5.32 Å². The molecule has 7 nitrogen and oxygen atoms in total. The molecule has 3 aromatic carbocycles. The Hall–Kier alpha value is -3.14. The normalized spacial score (nSPS) is 12.8. The van der Waals surface area contributed by atoms with E-state index in [0.29, 0.717) is 17.0 Å². The summed E-state index contributed by atoms with van der Waals surface area (Å²) in [5.41, 5.74) is 0.633. The minimum Gasteiger partial charge on any atom is -0.352 e. The van der Waals surface area contributed by atoms with Gasteiger partial charge in [-0.1, -0.05) is 67.4 Å². The van der Waals surface area contributed by atoms with E-state index in [0.717, 1.165) is 4.31 Å². The molecule has 11 heteroatoms. The van der Waals surface area contributed by atoms with Crippen LogP contribution in [0, 0.1) is 5.82 Å². The molecule has 0 aliphatic heterocycles. The maximum Gasteiger partial charge on any atom is 0.264 e. The molecule has 0 spiro atoms. The van der Waals surface area contributed by atoms with Crippen molar-refractivity contribution in [3.8, 4) is 0 Å². The zero-order valence-corrected chi connectivity index (χ0v) is 24.8. The van der Waals surface area contributed by atoms with Gasteiger partial charge in [-0.15, -0.1) is 0 Å². The third-order valence-corrected chi connectivity index (χ3v) is 8.75. The molecular formula is C29H32Cl2FN3O4S. The molecule has 0 aromatic heterocycles. The lowest BCUT2D eigenvalue weighted by molar-refractivity contribution is -0.140. The van der Waals surface area contributed by atoms with Crippen LogP contribution in [0.4, 0.5) is 10.1 Å². The smallest absolute Gasteiger partial charge is 0.264 e. The quantitative estimate of drug-likeness (QED) is 0.271. The second-order valence-electron chi connectivity index (χ2n) is 9.31. The lowest BCUT2D eigenvalue weighted by Gasteiger charge is -2.34. The van der Waals surface area contributed by atoms with E-state index in [1.165, 1.54) is 59.5 Å². The number of hydrogen-bond acceptors (Lipinski definition) is 4. The summed E-state index contributed by atoms with van der Waals surface area (Å²) in [6.07, 6.45) is 0.953. The second-order valence-corrected chi connectivity index (χ2v) is 12.0. The van der Waals surface area contributed by atoms with Gasteiger partial charge in [0.1, 0.15) is 18.4 Å². The van der Waals surface area contributed by atoms with Crippen LogP contribution < -0.4 is 9.62 Å². The first-order valence-electron chi connectivity index (χ1n) is 12.8. The number of rotatable bonds is 12. The van der Waals surface area contributed by atoms with Crippen molar-refractivity contribution in [2.75, 3.05) is 10.8 Å². The average molecular weight is 609 g/mol. The predicted molar refractivity (Wildman–Crippen MR) is 156 cm³/mol. The molecule has 1 N–H and O–H groups in total. The van der Waals surface area contributed by atoms with E-state index >= 15 is 0 Å². The fourth-order valence-corrected chi connectivity index (χ4v) is 6.08. The Labute approximate surface area is 244 Å². The fourth-order valence-electron chi connectivity index (χ4n) is 4.06. The zero-order chi connectivity index (χ0) is 29.4. The van der Waals surface area contributed by atoms with Crippen LogP contribution in [0.3, 0.4) is 0 Å². The van der Waals surface area contributed by atoms with Gasteiger partial charge < -0.3 is 10.2 Å². The van der Waals surface area contributed by atoms with Gasteiger partial charge in [0.2, 0.25) is 11.8 Å². The molecule has 214 valence electrons. The highest BCUT2D eigenvalue weighted by molar-refractivity contribution is 7.92. The molecule has 40 heavy (non-hydrogen) atoms. The average Bonchev–Trinajstić information content (AvgIpc) is 2.93. The first kappa shape index (κ1) is 31.4. The summed E-state index contributed by atoms with van der Waals surface area (Å²) in [5.74, 6) is -1.45. The summed E-state index contributed by atoms with van der Waals surface area (Å²) in [5, 5.41) is 3.23. The lowest BCUT2D eigenvalue weighted by atomic mass is 10.1. The number of hydrogen-bond donors (Lipinski definition) is 1. The van der Waals surface area contributed by atoms with E-state index in [1.807, 2.05) is 13.8 Å². The van der Waals surface area contributed by atoms with Crippen molar-refractivity contribution in [1.82, 2.24) is 10.2 Å². The molecule has 0 heterocycles. The Morgan fingerprint density at radius 2 is 1.60 bits per heavy atom. The minimum atomic E-state index is -4.26. The van der Waals surface area contributed by atoms with Gasteiger partial charge in [0.15, 0.2) is 0 Å². The predicted octanol–water partition coefficient (Wildman–Crippen LogP) is 6.05. The van der Waals surface area contributed by atoms with E-state index in [1.54, 1.807) is 25.1 Å². The summed E-state index contributed by atoms with van der Waals surface area (Å²) in [7, 11) is -4.26. The Balaban J connectivity index is 2.07. The third kappa shape index (κ3) is 7.74. The molecule has 0 radical (unpaired) electrons. The Morgan fingerprint density at radius 1 is 0.950 bits per heavy atom. The maximum atomic E-state index is 14.0. The van der Waals surface area contributed by atoms with Gasteiger partial charge in [-0.05, 0) is 67.8 Å². The molecule has 0 bridgehead atoms. The molecule has 0 aliphatic rings. The van der Waals surface area contributed by atoms with Crippen molar-refractivity contribution in [1.29, 1.82) is 0 Å². The first-order valence-corrected chi connectivity index (χ1v) is 15.0. The number of anilines is 1. The highest BCUT2D eigenvalue weighted by atomic mass is 35.5. The summed E-state index contributed by atoms with van der Waals surface area (Å²) >= 11 is 12.5. The molecule has 3 aromatic rings. The number of amides is 2. The standard InChI is InChI=1S/C29H32Cl2FN3O4S/c1-4-20(3)33-29(37)26(5-2)34(18-21-11-14-23(32)15-12-21)28(36)19-35(27-16-13-22(30)17-25(27)31)40(38,39)24-9-7-6-8-10-24/h6-17,20,26H,4-5,18-19H2,1-3H3,(H,33,37). The molecule has 0 aliphatic carbocycles. The SMILES string of the molecule is CCC(C)NC(=O)C(CC)N(Cc1ccc(F)cc1)C(=O)CN(c1ccc(Cl)cc1Cl)S(=O)(=O)c1ccccc1. The van der Waals surface area contributed by atoms with Gasteiger partial charge in [-0.2, -0.15) is 0 Å². The molecule has 2 amide bonds. The summed E-state index contributed by atoms with van der Waals surface area (Å²) in [6, 6.07) is 16.5. The van der Waals surface area contributed by atoms with E-state index < -0.39 is 34.3 Å². The van der Waals surface area contributed by atoms with Gasteiger partial charge in [0.25, 0.3) is 10.0 Å². The van der Waals surface area contributed by atoms with Crippen molar-refractivity contribution in [3.05, 3.63) is 94.2 Å². The molecule has 2 atom stereocenters. The van der Waals surface area contributed by atoms with Crippen molar-refractivity contribution in [2.45, 2.75) is 57.1 Å². The summed E-state index contributed by atoms with van der Waals surface area (Å²) in [4.78, 5) is 28.6. The van der Waals surface area contributed by atoms with Crippen LogP contribution in [0.2, 0.25) is 10.0 Å². The van der Waals surface area contributed by atoms with Crippen LogP contribution in [0.15, 0.2) is 77.7 Å². The van der Waals surface area contributed by atoms with E-state index in [-0.39, 0.29) is 40.5 Å². The number of carbonyl (C=O) groups excluding carboxylic acids is 2. The zero-order valence-electron chi connectivity index (χ0n) is 22.5. The van der Waals surface area contributed by atoms with Crippen molar-refractivity contribution >= 4 is 50.7 Å². The van der Waals surface area contributed by atoms with Crippen molar-refractivity contribution < 1.29 is 22.4 Å². The van der Waals surface area contributed by atoms with Crippen LogP contribution in [0.5, 0.6) is 0 Å². The van der Waals surface area contributed by atoms with Crippen molar-refractivity contribution in [2.24, 2.45) is 0 Å². The topological polar surface area (TPSA) is 86.8 Å². The Kier molecular flexibility index (Phi) is 11.0. The summed E-state index contributed by atoms with van der Waals surface area (Å²) < 4.78 is 42.2. The summed E-state index contributed by atoms with van der Waals surface area (Å²) in [6.45, 7) is 4.86. The lowest BCUT2D eigenvalue weighted by Crippen LogP contribution is -2.53. The monoisotopic (exact) mass is 607 g/mol. The number of carbonyl (C=O) groups is 2. The van der Waals surface area contributed by atoms with Gasteiger partial charge in [0.05, 0.1) is 15.6 Å². The van der Waals surface area contributed by atoms with Gasteiger partial charge in [-0.3, -0.25) is 13.9 Å². The number of halogens is 3. The van der Waals surface area contributed by atoms with Gasteiger partial charge >= 0.3 is 0 Å². The van der Waals surface area contributed by atoms with Crippen LogP contribution >= 0.6 is 23.2 Å². The van der Waals surface area contributed by atoms with Crippen molar-refractivity contribution in [3.63, 3.8) is 0 Å².